The van der Waals surface area contributed by atoms with Gasteiger partial charge in [0.2, 0.25) is 0 Å². The monoisotopic (exact) mass is 328 g/mol. The Hall–Kier alpha value is -2.67. The number of hydrogen-bond acceptors (Lipinski definition) is 4. The second-order valence-electron chi connectivity index (χ2n) is 5.81. The molecule has 3 heterocycles. The van der Waals surface area contributed by atoms with E-state index in [-0.39, 0.29) is 11.5 Å². The van der Waals surface area contributed by atoms with Crippen LogP contribution >= 0.6 is 0 Å². The smallest absolute Gasteiger partial charge is 0.270 e. The predicted molar refractivity (Wildman–Crippen MR) is 91.5 cm³/mol. The summed E-state index contributed by atoms with van der Waals surface area (Å²) in [7, 11) is 5.02. The van der Waals surface area contributed by atoms with Crippen LogP contribution < -0.4 is 5.56 Å². The summed E-state index contributed by atoms with van der Waals surface area (Å²) in [6.07, 6.45) is 2.41. The molecule has 0 saturated heterocycles. The molecule has 126 valence electrons. The highest BCUT2D eigenvalue weighted by atomic mass is 16.5. The summed E-state index contributed by atoms with van der Waals surface area (Å²) in [5.41, 5.74) is 1.39. The Morgan fingerprint density at radius 1 is 1.33 bits per heavy atom. The lowest BCUT2D eigenvalue weighted by Crippen LogP contribution is -2.25. The first-order valence-corrected chi connectivity index (χ1v) is 7.76. The van der Waals surface area contributed by atoms with Gasteiger partial charge in [0, 0.05) is 40.6 Å². The summed E-state index contributed by atoms with van der Waals surface area (Å²) in [6, 6.07) is 7.03. The van der Waals surface area contributed by atoms with Crippen LogP contribution in [0, 0.1) is 0 Å². The summed E-state index contributed by atoms with van der Waals surface area (Å²) in [5, 5.41) is 0.446. The minimum absolute atomic E-state index is 0.154. The molecule has 7 nitrogen and oxygen atoms in total. The SMILES string of the molecule is COCCCn1c(C(=O)N(C)C)cc2c(=O)n3ccccc3nc21. The topological polar surface area (TPSA) is 68.8 Å². The van der Waals surface area contributed by atoms with E-state index in [1.807, 2.05) is 10.6 Å². The molecule has 0 radical (unpaired) electrons. The highest BCUT2D eigenvalue weighted by Crippen LogP contribution is 2.18. The first-order valence-electron chi connectivity index (χ1n) is 7.76. The molecule has 1 amide bonds. The Bertz CT molecular complexity index is 956. The zero-order valence-corrected chi connectivity index (χ0v) is 14.0. The third kappa shape index (κ3) is 2.67. The Labute approximate surface area is 139 Å². The minimum Gasteiger partial charge on any atom is -0.385 e. The van der Waals surface area contributed by atoms with E-state index in [1.165, 1.54) is 9.30 Å². The standard InChI is InChI=1S/C17H20N4O3/c1-19(2)17(23)13-11-12-15(20(13)9-6-10-24-3)18-14-7-4-5-8-21(14)16(12)22/h4-5,7-8,11H,6,9-10H2,1-3H3. The molecule has 0 N–H and O–H groups in total. The summed E-state index contributed by atoms with van der Waals surface area (Å²) in [5.74, 6) is -0.154. The van der Waals surface area contributed by atoms with Crippen molar-refractivity contribution < 1.29 is 9.53 Å². The van der Waals surface area contributed by atoms with Crippen LogP contribution in [0.1, 0.15) is 16.9 Å². The molecule has 3 aromatic rings. The first-order chi connectivity index (χ1) is 11.5. The van der Waals surface area contributed by atoms with Gasteiger partial charge in [-0.1, -0.05) is 6.07 Å². The van der Waals surface area contributed by atoms with Gasteiger partial charge in [0.15, 0.2) is 0 Å². The van der Waals surface area contributed by atoms with Crippen LogP contribution in [0.3, 0.4) is 0 Å². The summed E-state index contributed by atoms with van der Waals surface area (Å²) < 4.78 is 8.40. The van der Waals surface area contributed by atoms with Crippen molar-refractivity contribution in [2.45, 2.75) is 13.0 Å². The molecule has 0 bridgehead atoms. The second kappa shape index (κ2) is 6.45. The molecule has 0 saturated carbocycles. The maximum Gasteiger partial charge on any atom is 0.270 e. The van der Waals surface area contributed by atoms with Crippen LogP contribution in [0.2, 0.25) is 0 Å². The number of amides is 1. The number of carbonyl (C=O) groups excluding carboxylic acids is 1. The molecule has 0 fully saturated rings. The van der Waals surface area contributed by atoms with Crippen molar-refractivity contribution in [1.29, 1.82) is 0 Å². The van der Waals surface area contributed by atoms with Crippen LogP contribution in [0.25, 0.3) is 16.7 Å². The number of carbonyl (C=O) groups is 1. The van der Waals surface area contributed by atoms with E-state index in [4.69, 9.17) is 4.74 Å². The fourth-order valence-corrected chi connectivity index (χ4v) is 2.75. The number of nitrogens with zero attached hydrogens (tertiary/aromatic N) is 4. The van der Waals surface area contributed by atoms with Gasteiger partial charge in [-0.2, -0.15) is 0 Å². The van der Waals surface area contributed by atoms with Crippen LogP contribution in [-0.4, -0.2) is 52.6 Å². The maximum absolute atomic E-state index is 12.7. The fourth-order valence-electron chi connectivity index (χ4n) is 2.75. The minimum atomic E-state index is -0.172. The predicted octanol–water partition coefficient (Wildman–Crippen LogP) is 1.39. The van der Waals surface area contributed by atoms with Crippen molar-refractivity contribution in [3.8, 4) is 0 Å². The molecular formula is C17H20N4O3. The summed E-state index contributed by atoms with van der Waals surface area (Å²) >= 11 is 0. The average molecular weight is 328 g/mol. The highest BCUT2D eigenvalue weighted by molar-refractivity contribution is 5.97. The van der Waals surface area contributed by atoms with Crippen LogP contribution in [0.15, 0.2) is 35.3 Å². The van der Waals surface area contributed by atoms with Crippen molar-refractivity contribution in [3.05, 3.63) is 46.5 Å². The van der Waals surface area contributed by atoms with Crippen LogP contribution in [0.5, 0.6) is 0 Å². The van der Waals surface area contributed by atoms with Gasteiger partial charge in [-0.15, -0.1) is 0 Å². The zero-order chi connectivity index (χ0) is 17.3. The molecule has 0 unspecified atom stereocenters. The normalized spacial score (nSPS) is 11.3. The number of hydrogen-bond donors (Lipinski definition) is 0. The molecule has 0 aliphatic rings. The van der Waals surface area contributed by atoms with Gasteiger partial charge in [0.25, 0.3) is 11.5 Å². The van der Waals surface area contributed by atoms with E-state index in [9.17, 15) is 9.59 Å². The van der Waals surface area contributed by atoms with E-state index in [2.05, 4.69) is 4.98 Å². The van der Waals surface area contributed by atoms with Gasteiger partial charge >= 0.3 is 0 Å². The third-order valence-corrected chi connectivity index (χ3v) is 3.93. The Morgan fingerprint density at radius 2 is 2.12 bits per heavy atom. The van der Waals surface area contributed by atoms with Crippen LogP contribution in [0.4, 0.5) is 0 Å². The van der Waals surface area contributed by atoms with Crippen molar-refractivity contribution in [3.63, 3.8) is 0 Å². The number of aromatic nitrogens is 3. The van der Waals surface area contributed by atoms with Gasteiger partial charge in [0.05, 0.1) is 5.39 Å². The molecule has 0 aliphatic heterocycles. The van der Waals surface area contributed by atoms with E-state index in [0.717, 1.165) is 6.42 Å². The van der Waals surface area contributed by atoms with Crippen molar-refractivity contribution >= 4 is 22.6 Å². The highest BCUT2D eigenvalue weighted by Gasteiger charge is 2.20. The zero-order valence-electron chi connectivity index (χ0n) is 14.0. The Kier molecular flexibility index (Phi) is 4.35. The summed E-state index contributed by atoms with van der Waals surface area (Å²) in [6.45, 7) is 1.13. The lowest BCUT2D eigenvalue weighted by molar-refractivity contribution is 0.0816. The first kappa shape index (κ1) is 16.2. The molecule has 24 heavy (non-hydrogen) atoms. The van der Waals surface area contributed by atoms with Gasteiger partial charge in [0.1, 0.15) is 17.0 Å². The van der Waals surface area contributed by atoms with E-state index >= 15 is 0 Å². The number of methoxy groups -OCH3 is 1. The molecule has 3 aromatic heterocycles. The molecule has 0 spiro atoms. The van der Waals surface area contributed by atoms with E-state index in [1.54, 1.807) is 45.6 Å². The number of rotatable bonds is 5. The van der Waals surface area contributed by atoms with Gasteiger partial charge in [-0.05, 0) is 24.6 Å². The lowest BCUT2D eigenvalue weighted by Gasteiger charge is -2.13. The average Bonchev–Trinajstić information content (AvgIpc) is 2.93. The molecule has 0 aromatic carbocycles. The molecule has 3 rings (SSSR count). The van der Waals surface area contributed by atoms with E-state index in [0.29, 0.717) is 35.5 Å². The van der Waals surface area contributed by atoms with Gasteiger partial charge in [-0.25, -0.2) is 4.98 Å². The van der Waals surface area contributed by atoms with Crippen LogP contribution in [-0.2, 0) is 11.3 Å². The van der Waals surface area contributed by atoms with Gasteiger partial charge < -0.3 is 14.2 Å². The second-order valence-corrected chi connectivity index (χ2v) is 5.81. The fraction of sp³-hybridized carbons (Fsp3) is 0.353. The number of pyridine rings is 1. The van der Waals surface area contributed by atoms with E-state index < -0.39 is 0 Å². The Balaban J connectivity index is 2.27. The molecular weight excluding hydrogens is 308 g/mol. The third-order valence-electron chi connectivity index (χ3n) is 3.93. The Morgan fingerprint density at radius 3 is 2.83 bits per heavy atom. The number of aryl methyl sites for hydroxylation is 1. The van der Waals surface area contributed by atoms with Crippen molar-refractivity contribution in [2.75, 3.05) is 27.8 Å². The maximum atomic E-state index is 12.7. The molecule has 0 atom stereocenters. The quantitative estimate of drug-likeness (QED) is 0.664. The summed E-state index contributed by atoms with van der Waals surface area (Å²) in [4.78, 5) is 31.3. The lowest BCUT2D eigenvalue weighted by atomic mass is 10.3. The van der Waals surface area contributed by atoms with Crippen molar-refractivity contribution in [2.24, 2.45) is 0 Å². The molecule has 7 heteroatoms. The van der Waals surface area contributed by atoms with Gasteiger partial charge in [-0.3, -0.25) is 14.0 Å². The number of ether oxygens (including phenoxy) is 1. The number of fused-ring (bicyclic) bond motifs is 2. The largest absolute Gasteiger partial charge is 0.385 e. The molecule has 0 aliphatic carbocycles. The van der Waals surface area contributed by atoms with Crippen molar-refractivity contribution in [1.82, 2.24) is 18.9 Å².